The average molecular weight is 353 g/mol. The van der Waals surface area contributed by atoms with Gasteiger partial charge in [-0.2, -0.15) is 0 Å². The number of hydrogen-bond acceptors (Lipinski definition) is 7. The highest BCUT2D eigenvalue weighted by Gasteiger charge is 2.50. The molecule has 2 unspecified atom stereocenters. The summed E-state index contributed by atoms with van der Waals surface area (Å²) in [6.07, 6.45) is 5.60. The Morgan fingerprint density at radius 1 is 0.960 bits per heavy atom. The lowest BCUT2D eigenvalue weighted by Crippen LogP contribution is -2.50. The van der Waals surface area contributed by atoms with E-state index >= 15 is 0 Å². The van der Waals surface area contributed by atoms with E-state index < -0.39 is 29.9 Å². The normalized spacial score (nSPS) is 29.3. The SMILES string of the molecule is CCOC(=O)C1N=C(C(=O)OC)C(C(=O)OC)[C@@H]2CCCCCC[C@@H]12. The lowest BCUT2D eigenvalue weighted by atomic mass is 9.68. The number of carbonyl (C=O) groups excluding carboxylic acids is 3. The highest BCUT2D eigenvalue weighted by Crippen LogP contribution is 2.41. The smallest absolute Gasteiger partial charge is 0.352 e. The first kappa shape index (κ1) is 19.4. The van der Waals surface area contributed by atoms with Gasteiger partial charge in [-0.15, -0.1) is 0 Å². The van der Waals surface area contributed by atoms with Gasteiger partial charge in [-0.1, -0.05) is 25.7 Å². The maximum absolute atomic E-state index is 12.5. The molecule has 0 aromatic heterocycles. The van der Waals surface area contributed by atoms with Gasteiger partial charge < -0.3 is 14.2 Å². The molecule has 0 N–H and O–H groups in total. The maximum Gasteiger partial charge on any atom is 0.352 e. The van der Waals surface area contributed by atoms with E-state index in [0.29, 0.717) is 0 Å². The van der Waals surface area contributed by atoms with Crippen molar-refractivity contribution in [2.75, 3.05) is 20.8 Å². The van der Waals surface area contributed by atoms with Crippen molar-refractivity contribution < 1.29 is 28.6 Å². The molecule has 1 aliphatic carbocycles. The van der Waals surface area contributed by atoms with Crippen LogP contribution in [0.25, 0.3) is 0 Å². The van der Waals surface area contributed by atoms with Crippen molar-refractivity contribution in [3.63, 3.8) is 0 Å². The Hall–Kier alpha value is -1.92. The van der Waals surface area contributed by atoms with Crippen LogP contribution >= 0.6 is 0 Å². The molecule has 2 rings (SSSR count). The van der Waals surface area contributed by atoms with Crippen LogP contribution < -0.4 is 0 Å². The molecular formula is C18H27NO6. The summed E-state index contributed by atoms with van der Waals surface area (Å²) in [5, 5.41) is 0. The molecular weight excluding hydrogens is 326 g/mol. The van der Waals surface area contributed by atoms with Crippen LogP contribution in [0.15, 0.2) is 4.99 Å². The van der Waals surface area contributed by atoms with Crippen molar-refractivity contribution in [1.82, 2.24) is 0 Å². The van der Waals surface area contributed by atoms with E-state index in [2.05, 4.69) is 4.99 Å². The van der Waals surface area contributed by atoms with Crippen molar-refractivity contribution in [2.24, 2.45) is 22.7 Å². The number of carbonyl (C=O) groups is 3. The minimum absolute atomic E-state index is 0.0192. The van der Waals surface area contributed by atoms with Crippen LogP contribution in [0.1, 0.15) is 45.4 Å². The zero-order valence-corrected chi connectivity index (χ0v) is 15.2. The van der Waals surface area contributed by atoms with E-state index in [1.165, 1.54) is 14.2 Å². The summed E-state index contributed by atoms with van der Waals surface area (Å²) in [6.45, 7) is 1.98. The Balaban J connectivity index is 2.49. The van der Waals surface area contributed by atoms with E-state index in [1.807, 2.05) is 0 Å². The molecule has 0 saturated heterocycles. The number of ether oxygens (including phenoxy) is 3. The Morgan fingerprint density at radius 3 is 2.16 bits per heavy atom. The van der Waals surface area contributed by atoms with E-state index in [4.69, 9.17) is 14.2 Å². The van der Waals surface area contributed by atoms with Crippen molar-refractivity contribution >= 4 is 23.6 Å². The fourth-order valence-corrected chi connectivity index (χ4v) is 4.03. The van der Waals surface area contributed by atoms with E-state index in [1.54, 1.807) is 6.92 Å². The first-order valence-electron chi connectivity index (χ1n) is 8.95. The van der Waals surface area contributed by atoms with Gasteiger partial charge in [0.1, 0.15) is 11.6 Å². The predicted octanol–water partition coefficient (Wildman–Crippen LogP) is 1.92. The molecule has 0 aromatic carbocycles. The summed E-state index contributed by atoms with van der Waals surface area (Å²) >= 11 is 0. The van der Waals surface area contributed by atoms with Crippen LogP contribution in [0.3, 0.4) is 0 Å². The Kier molecular flexibility index (Phi) is 6.96. The molecule has 7 heteroatoms. The number of fused-ring (bicyclic) bond motifs is 1. The minimum Gasteiger partial charge on any atom is -0.468 e. The number of esters is 3. The number of aliphatic imine (C=N–C) groups is 1. The zero-order valence-electron chi connectivity index (χ0n) is 15.2. The molecule has 1 heterocycles. The largest absolute Gasteiger partial charge is 0.468 e. The summed E-state index contributed by atoms with van der Waals surface area (Å²) in [5.74, 6) is -2.72. The Bertz CT molecular complexity index is 544. The molecule has 25 heavy (non-hydrogen) atoms. The van der Waals surface area contributed by atoms with Gasteiger partial charge in [0.15, 0.2) is 6.04 Å². The first-order valence-corrected chi connectivity index (χ1v) is 8.95. The number of hydrogen-bond donors (Lipinski definition) is 0. The molecule has 0 bridgehead atoms. The van der Waals surface area contributed by atoms with E-state index in [0.717, 1.165) is 38.5 Å². The lowest BCUT2D eigenvalue weighted by Gasteiger charge is -2.40. The van der Waals surface area contributed by atoms with Crippen molar-refractivity contribution in [3.05, 3.63) is 0 Å². The second-order valence-electron chi connectivity index (χ2n) is 6.52. The second-order valence-corrected chi connectivity index (χ2v) is 6.52. The molecule has 140 valence electrons. The van der Waals surface area contributed by atoms with Crippen molar-refractivity contribution in [1.29, 1.82) is 0 Å². The second kappa shape index (κ2) is 8.97. The van der Waals surface area contributed by atoms with Crippen LogP contribution in [0.5, 0.6) is 0 Å². The van der Waals surface area contributed by atoms with Gasteiger partial charge in [0.25, 0.3) is 0 Å². The van der Waals surface area contributed by atoms with Gasteiger partial charge in [0, 0.05) is 0 Å². The molecule has 1 fully saturated rings. The highest BCUT2D eigenvalue weighted by atomic mass is 16.5. The number of rotatable bonds is 4. The molecule has 0 spiro atoms. The maximum atomic E-state index is 12.5. The Labute approximate surface area is 148 Å². The van der Waals surface area contributed by atoms with Gasteiger partial charge in [-0.05, 0) is 31.6 Å². The standard InChI is InChI=1S/C18H27NO6/c1-4-25-18(22)14-12-10-8-6-5-7-9-11(12)13(16(20)23-2)15(19-14)17(21)24-3/h11-14H,4-10H2,1-3H3/t11-,12-,13?,14?/m1/s1. The average Bonchev–Trinajstić information content (AvgIpc) is 2.59. The van der Waals surface area contributed by atoms with Crippen LogP contribution in [-0.2, 0) is 28.6 Å². The van der Waals surface area contributed by atoms with Crippen LogP contribution in [0.2, 0.25) is 0 Å². The molecule has 4 atom stereocenters. The molecule has 2 aliphatic rings. The Morgan fingerprint density at radius 2 is 1.60 bits per heavy atom. The van der Waals surface area contributed by atoms with Gasteiger partial charge in [0.05, 0.1) is 20.8 Å². The molecule has 1 saturated carbocycles. The summed E-state index contributed by atoms with van der Waals surface area (Å²) in [5.41, 5.74) is -0.0192. The quantitative estimate of drug-likeness (QED) is 0.566. The molecule has 0 aromatic rings. The van der Waals surface area contributed by atoms with E-state index in [9.17, 15) is 14.4 Å². The molecule has 7 nitrogen and oxygen atoms in total. The van der Waals surface area contributed by atoms with Gasteiger partial charge in [-0.3, -0.25) is 9.79 Å². The summed E-state index contributed by atoms with van der Waals surface area (Å²) in [4.78, 5) is 41.5. The van der Waals surface area contributed by atoms with Crippen LogP contribution in [0, 0.1) is 17.8 Å². The van der Waals surface area contributed by atoms with Gasteiger partial charge in [0.2, 0.25) is 0 Å². The summed E-state index contributed by atoms with van der Waals surface area (Å²) < 4.78 is 14.9. The third-order valence-electron chi connectivity index (χ3n) is 5.16. The third-order valence-corrected chi connectivity index (χ3v) is 5.16. The summed E-state index contributed by atoms with van der Waals surface area (Å²) in [7, 11) is 2.54. The van der Waals surface area contributed by atoms with Gasteiger partial charge >= 0.3 is 17.9 Å². The summed E-state index contributed by atoms with van der Waals surface area (Å²) in [6, 6.07) is -0.766. The molecule has 0 radical (unpaired) electrons. The lowest BCUT2D eigenvalue weighted by molar-refractivity contribution is -0.152. The minimum atomic E-state index is -0.786. The van der Waals surface area contributed by atoms with Crippen molar-refractivity contribution in [3.8, 4) is 0 Å². The van der Waals surface area contributed by atoms with Crippen molar-refractivity contribution in [2.45, 2.75) is 51.5 Å². The van der Waals surface area contributed by atoms with E-state index in [-0.39, 0.29) is 24.2 Å². The topological polar surface area (TPSA) is 91.3 Å². The van der Waals surface area contributed by atoms with Crippen LogP contribution in [0.4, 0.5) is 0 Å². The monoisotopic (exact) mass is 353 g/mol. The molecule has 1 aliphatic heterocycles. The fourth-order valence-electron chi connectivity index (χ4n) is 4.03. The first-order chi connectivity index (χ1) is 12.0. The number of methoxy groups -OCH3 is 2. The van der Waals surface area contributed by atoms with Gasteiger partial charge in [-0.25, -0.2) is 9.59 Å². The fraction of sp³-hybridized carbons (Fsp3) is 0.778. The van der Waals surface area contributed by atoms with Crippen LogP contribution in [-0.4, -0.2) is 50.5 Å². The number of nitrogens with zero attached hydrogens (tertiary/aromatic N) is 1. The predicted molar refractivity (Wildman–Crippen MR) is 90.1 cm³/mol. The highest BCUT2D eigenvalue weighted by molar-refractivity contribution is 6.41. The molecule has 0 amide bonds. The zero-order chi connectivity index (χ0) is 18.4. The third kappa shape index (κ3) is 4.19.